The molecule has 0 radical (unpaired) electrons. The summed E-state index contributed by atoms with van der Waals surface area (Å²) >= 11 is 0. The van der Waals surface area contributed by atoms with Crippen molar-refractivity contribution in [3.63, 3.8) is 0 Å². The second-order valence-corrected chi connectivity index (χ2v) is 4.58. The Morgan fingerprint density at radius 3 is 2.31 bits per heavy atom. The molecular weight excluding hydrogens is 204 g/mol. The molecule has 0 unspecified atom stereocenters. The fourth-order valence-electron chi connectivity index (χ4n) is 1.70. The second kappa shape index (κ2) is 5.12. The van der Waals surface area contributed by atoms with Gasteiger partial charge in [-0.3, -0.25) is 4.79 Å². The average molecular weight is 222 g/mol. The lowest BCUT2D eigenvalue weighted by molar-refractivity contribution is -0.138. The molecule has 3 heteroatoms. The Morgan fingerprint density at radius 1 is 1.31 bits per heavy atom. The molecular formula is C13H18O3. The van der Waals surface area contributed by atoms with Crippen LogP contribution in [0.4, 0.5) is 0 Å². The SMILES string of the molecule is COCc1ccc(C(C)(C)CC(=O)O)cc1. The van der Waals surface area contributed by atoms with E-state index in [0.717, 1.165) is 11.1 Å². The van der Waals surface area contributed by atoms with Gasteiger partial charge in [0.1, 0.15) is 0 Å². The molecule has 0 saturated carbocycles. The smallest absolute Gasteiger partial charge is 0.304 e. The number of rotatable bonds is 5. The van der Waals surface area contributed by atoms with Crippen LogP contribution in [-0.4, -0.2) is 18.2 Å². The van der Waals surface area contributed by atoms with Crippen LogP contribution in [-0.2, 0) is 21.6 Å². The molecule has 0 aliphatic rings. The van der Waals surface area contributed by atoms with E-state index in [9.17, 15) is 4.79 Å². The summed E-state index contributed by atoms with van der Waals surface area (Å²) < 4.78 is 5.02. The van der Waals surface area contributed by atoms with Gasteiger partial charge in [0.15, 0.2) is 0 Å². The van der Waals surface area contributed by atoms with E-state index in [-0.39, 0.29) is 11.8 Å². The van der Waals surface area contributed by atoms with Gasteiger partial charge in [0.2, 0.25) is 0 Å². The normalized spacial score (nSPS) is 11.4. The highest BCUT2D eigenvalue weighted by molar-refractivity contribution is 5.68. The van der Waals surface area contributed by atoms with Crippen LogP contribution in [0.5, 0.6) is 0 Å². The highest BCUT2D eigenvalue weighted by Crippen LogP contribution is 2.27. The molecule has 0 amide bonds. The summed E-state index contributed by atoms with van der Waals surface area (Å²) in [4.78, 5) is 10.7. The molecule has 0 atom stereocenters. The summed E-state index contributed by atoms with van der Waals surface area (Å²) in [5, 5.41) is 8.83. The fraction of sp³-hybridized carbons (Fsp3) is 0.462. The zero-order valence-electron chi connectivity index (χ0n) is 9.99. The van der Waals surface area contributed by atoms with Crippen molar-refractivity contribution in [2.45, 2.75) is 32.3 Å². The molecule has 1 N–H and O–H groups in total. The van der Waals surface area contributed by atoms with Gasteiger partial charge < -0.3 is 9.84 Å². The van der Waals surface area contributed by atoms with Crippen LogP contribution in [0.1, 0.15) is 31.4 Å². The summed E-state index contributed by atoms with van der Waals surface area (Å²) in [5.74, 6) is -0.772. The second-order valence-electron chi connectivity index (χ2n) is 4.58. The first kappa shape index (κ1) is 12.7. The van der Waals surface area contributed by atoms with Gasteiger partial charge in [-0.15, -0.1) is 0 Å². The minimum absolute atomic E-state index is 0.136. The van der Waals surface area contributed by atoms with E-state index in [0.29, 0.717) is 6.61 Å². The third kappa shape index (κ3) is 3.35. The minimum atomic E-state index is -0.772. The molecule has 1 rings (SSSR count). The third-order valence-corrected chi connectivity index (χ3v) is 2.64. The van der Waals surface area contributed by atoms with Gasteiger partial charge in [-0.2, -0.15) is 0 Å². The molecule has 0 aromatic heterocycles. The van der Waals surface area contributed by atoms with Gasteiger partial charge in [-0.1, -0.05) is 38.1 Å². The predicted octanol–water partition coefficient (Wildman–Crippen LogP) is 2.59. The van der Waals surface area contributed by atoms with Gasteiger partial charge in [-0.05, 0) is 11.1 Å². The van der Waals surface area contributed by atoms with Gasteiger partial charge >= 0.3 is 5.97 Å². The highest BCUT2D eigenvalue weighted by Gasteiger charge is 2.23. The zero-order valence-corrected chi connectivity index (χ0v) is 9.99. The van der Waals surface area contributed by atoms with Crippen LogP contribution in [0, 0.1) is 0 Å². The van der Waals surface area contributed by atoms with Gasteiger partial charge in [0, 0.05) is 12.5 Å². The van der Waals surface area contributed by atoms with Crippen molar-refractivity contribution in [1.29, 1.82) is 0 Å². The summed E-state index contributed by atoms with van der Waals surface area (Å²) in [6.07, 6.45) is 0.136. The topological polar surface area (TPSA) is 46.5 Å². The van der Waals surface area contributed by atoms with Crippen molar-refractivity contribution in [3.05, 3.63) is 35.4 Å². The first-order valence-electron chi connectivity index (χ1n) is 5.26. The fourth-order valence-corrected chi connectivity index (χ4v) is 1.70. The van der Waals surface area contributed by atoms with Crippen molar-refractivity contribution in [3.8, 4) is 0 Å². The molecule has 0 bridgehead atoms. The maximum atomic E-state index is 10.7. The third-order valence-electron chi connectivity index (χ3n) is 2.64. The van der Waals surface area contributed by atoms with E-state index in [1.807, 2.05) is 38.1 Å². The first-order chi connectivity index (χ1) is 7.45. The minimum Gasteiger partial charge on any atom is -0.481 e. The van der Waals surface area contributed by atoms with Crippen LogP contribution in [0.15, 0.2) is 24.3 Å². The largest absolute Gasteiger partial charge is 0.481 e. The number of benzene rings is 1. The molecule has 0 spiro atoms. The maximum absolute atomic E-state index is 10.7. The van der Waals surface area contributed by atoms with Crippen molar-refractivity contribution in [1.82, 2.24) is 0 Å². The molecule has 0 heterocycles. The van der Waals surface area contributed by atoms with E-state index in [1.165, 1.54) is 0 Å². The number of carboxylic acid groups (broad SMARTS) is 1. The van der Waals surface area contributed by atoms with Crippen molar-refractivity contribution >= 4 is 5.97 Å². The molecule has 88 valence electrons. The Labute approximate surface area is 96.1 Å². The lowest BCUT2D eigenvalue weighted by atomic mass is 9.81. The number of methoxy groups -OCH3 is 1. The van der Waals surface area contributed by atoms with Crippen molar-refractivity contribution < 1.29 is 14.6 Å². The summed E-state index contributed by atoms with van der Waals surface area (Å²) in [7, 11) is 1.66. The molecule has 1 aromatic rings. The van der Waals surface area contributed by atoms with Crippen LogP contribution < -0.4 is 0 Å². The lowest BCUT2D eigenvalue weighted by Gasteiger charge is -2.23. The number of hydrogen-bond acceptors (Lipinski definition) is 2. The number of carbonyl (C=O) groups is 1. The Bertz CT molecular complexity index is 352. The Morgan fingerprint density at radius 2 is 1.88 bits per heavy atom. The quantitative estimate of drug-likeness (QED) is 0.833. The van der Waals surface area contributed by atoms with E-state index >= 15 is 0 Å². The monoisotopic (exact) mass is 222 g/mol. The first-order valence-corrected chi connectivity index (χ1v) is 5.26. The van der Waals surface area contributed by atoms with Crippen LogP contribution >= 0.6 is 0 Å². The Balaban J connectivity index is 2.83. The Kier molecular flexibility index (Phi) is 4.07. The molecule has 0 aliphatic heterocycles. The molecule has 16 heavy (non-hydrogen) atoms. The van der Waals surface area contributed by atoms with Crippen molar-refractivity contribution in [2.75, 3.05) is 7.11 Å². The maximum Gasteiger partial charge on any atom is 0.304 e. The van der Waals surface area contributed by atoms with Crippen LogP contribution in [0.25, 0.3) is 0 Å². The number of ether oxygens (including phenoxy) is 1. The summed E-state index contributed by atoms with van der Waals surface area (Å²) in [6, 6.07) is 7.89. The van der Waals surface area contributed by atoms with Crippen molar-refractivity contribution in [2.24, 2.45) is 0 Å². The zero-order chi connectivity index (χ0) is 12.2. The van der Waals surface area contributed by atoms with Gasteiger partial charge in [0.05, 0.1) is 13.0 Å². The molecule has 0 saturated heterocycles. The molecule has 0 fully saturated rings. The Hall–Kier alpha value is -1.35. The highest BCUT2D eigenvalue weighted by atomic mass is 16.5. The average Bonchev–Trinajstić information content (AvgIpc) is 2.17. The van der Waals surface area contributed by atoms with E-state index in [1.54, 1.807) is 7.11 Å². The predicted molar refractivity (Wildman–Crippen MR) is 62.4 cm³/mol. The van der Waals surface area contributed by atoms with Crippen LogP contribution in [0.2, 0.25) is 0 Å². The van der Waals surface area contributed by atoms with E-state index in [4.69, 9.17) is 9.84 Å². The number of carboxylic acids is 1. The van der Waals surface area contributed by atoms with Crippen LogP contribution in [0.3, 0.4) is 0 Å². The number of hydrogen-bond donors (Lipinski definition) is 1. The molecule has 0 aliphatic carbocycles. The standard InChI is InChI=1S/C13H18O3/c1-13(2,8-12(14)15)11-6-4-10(5-7-11)9-16-3/h4-7H,8-9H2,1-3H3,(H,14,15). The number of aliphatic carboxylic acids is 1. The van der Waals surface area contributed by atoms with Gasteiger partial charge in [-0.25, -0.2) is 0 Å². The van der Waals surface area contributed by atoms with Gasteiger partial charge in [0.25, 0.3) is 0 Å². The lowest BCUT2D eigenvalue weighted by Crippen LogP contribution is -2.21. The summed E-state index contributed by atoms with van der Waals surface area (Å²) in [5.41, 5.74) is 1.80. The summed E-state index contributed by atoms with van der Waals surface area (Å²) in [6.45, 7) is 4.46. The van der Waals surface area contributed by atoms with E-state index in [2.05, 4.69) is 0 Å². The molecule has 1 aromatic carbocycles. The van der Waals surface area contributed by atoms with E-state index < -0.39 is 5.97 Å². The molecule has 3 nitrogen and oxygen atoms in total.